The Hall–Kier alpha value is -1.46. The number of aromatic nitrogens is 1. The van der Waals surface area contributed by atoms with E-state index in [4.69, 9.17) is 4.74 Å². The molecule has 1 aliphatic carbocycles. The van der Waals surface area contributed by atoms with Gasteiger partial charge in [-0.25, -0.2) is 0 Å². The molecular weight excluding hydrogens is 290 g/mol. The SMILES string of the molecule is O=C(NCc1cccnc1)[C@H]1CN(CC2CC2)C[C@H]2OCC[C@@H]12. The molecule has 5 heteroatoms. The standard InChI is InChI=1S/C18H25N3O2/c22-18(20-9-14-2-1-6-19-8-14)16-11-21(10-13-3-4-13)12-17-15(16)5-7-23-17/h1-2,6,8,13,15-17H,3-5,7,9-12H2,(H,20,22)/t15-,16-,17+/m0/s1. The van der Waals surface area contributed by atoms with Crippen LogP contribution in [0.5, 0.6) is 0 Å². The summed E-state index contributed by atoms with van der Waals surface area (Å²) in [4.78, 5) is 19.3. The van der Waals surface area contributed by atoms with Crippen LogP contribution in [0.25, 0.3) is 0 Å². The minimum atomic E-state index is 0.0617. The summed E-state index contributed by atoms with van der Waals surface area (Å²) >= 11 is 0. The molecule has 5 nitrogen and oxygen atoms in total. The second-order valence-corrected chi connectivity index (χ2v) is 7.21. The average molecular weight is 315 g/mol. The van der Waals surface area contributed by atoms with Crippen LogP contribution in [-0.2, 0) is 16.1 Å². The van der Waals surface area contributed by atoms with Crippen molar-refractivity contribution in [2.45, 2.75) is 31.9 Å². The molecule has 4 rings (SSSR count). The van der Waals surface area contributed by atoms with Crippen LogP contribution in [0, 0.1) is 17.8 Å². The van der Waals surface area contributed by atoms with Gasteiger partial charge in [-0.2, -0.15) is 0 Å². The molecule has 0 unspecified atom stereocenters. The molecule has 1 aromatic rings. The number of amides is 1. The highest BCUT2D eigenvalue weighted by Gasteiger charge is 2.44. The second kappa shape index (κ2) is 6.57. The Balaban J connectivity index is 1.38. The number of hydrogen-bond donors (Lipinski definition) is 1. The van der Waals surface area contributed by atoms with E-state index < -0.39 is 0 Å². The highest BCUT2D eigenvalue weighted by Crippen LogP contribution is 2.36. The number of hydrogen-bond acceptors (Lipinski definition) is 4. The first-order valence-corrected chi connectivity index (χ1v) is 8.80. The summed E-state index contributed by atoms with van der Waals surface area (Å²) in [5.41, 5.74) is 1.05. The zero-order chi connectivity index (χ0) is 15.6. The van der Waals surface area contributed by atoms with Crippen molar-refractivity contribution in [3.63, 3.8) is 0 Å². The van der Waals surface area contributed by atoms with Crippen LogP contribution < -0.4 is 5.32 Å². The predicted molar refractivity (Wildman–Crippen MR) is 86.6 cm³/mol. The third-order valence-electron chi connectivity index (χ3n) is 5.41. The lowest BCUT2D eigenvalue weighted by Crippen LogP contribution is -2.53. The van der Waals surface area contributed by atoms with Crippen LogP contribution in [0.2, 0.25) is 0 Å². The van der Waals surface area contributed by atoms with Crippen molar-refractivity contribution in [1.82, 2.24) is 15.2 Å². The van der Waals surface area contributed by atoms with Crippen LogP contribution in [0.4, 0.5) is 0 Å². The lowest BCUT2D eigenvalue weighted by atomic mass is 9.82. The molecule has 0 aromatic carbocycles. The van der Waals surface area contributed by atoms with E-state index in [0.29, 0.717) is 12.5 Å². The number of carbonyl (C=O) groups excluding carboxylic acids is 1. The molecule has 3 fully saturated rings. The van der Waals surface area contributed by atoms with Gasteiger partial charge in [-0.15, -0.1) is 0 Å². The van der Waals surface area contributed by atoms with Crippen molar-refractivity contribution in [3.8, 4) is 0 Å². The molecule has 1 saturated carbocycles. The van der Waals surface area contributed by atoms with Crippen LogP contribution in [0.3, 0.4) is 0 Å². The minimum Gasteiger partial charge on any atom is -0.377 e. The quantitative estimate of drug-likeness (QED) is 0.893. The smallest absolute Gasteiger partial charge is 0.225 e. The molecule has 3 heterocycles. The second-order valence-electron chi connectivity index (χ2n) is 7.21. The summed E-state index contributed by atoms with van der Waals surface area (Å²) in [6.45, 7) is 4.40. The summed E-state index contributed by atoms with van der Waals surface area (Å²) in [5, 5.41) is 3.11. The fraction of sp³-hybridized carbons (Fsp3) is 0.667. The lowest BCUT2D eigenvalue weighted by Gasteiger charge is -2.39. The fourth-order valence-electron chi connectivity index (χ4n) is 3.97. The number of pyridine rings is 1. The van der Waals surface area contributed by atoms with Gasteiger partial charge in [-0.3, -0.25) is 14.7 Å². The van der Waals surface area contributed by atoms with E-state index in [1.54, 1.807) is 6.20 Å². The van der Waals surface area contributed by atoms with Crippen molar-refractivity contribution >= 4 is 5.91 Å². The predicted octanol–water partition coefficient (Wildman–Crippen LogP) is 1.44. The maximum absolute atomic E-state index is 12.7. The summed E-state index contributed by atoms with van der Waals surface area (Å²) < 4.78 is 5.90. The van der Waals surface area contributed by atoms with Crippen molar-refractivity contribution in [2.75, 3.05) is 26.2 Å². The topological polar surface area (TPSA) is 54.5 Å². The van der Waals surface area contributed by atoms with Crippen molar-refractivity contribution in [1.29, 1.82) is 0 Å². The minimum absolute atomic E-state index is 0.0617. The highest BCUT2D eigenvalue weighted by atomic mass is 16.5. The van der Waals surface area contributed by atoms with Crippen LogP contribution in [0.1, 0.15) is 24.8 Å². The number of piperidine rings is 1. The van der Waals surface area contributed by atoms with Gasteiger partial charge in [0.15, 0.2) is 0 Å². The van der Waals surface area contributed by atoms with E-state index >= 15 is 0 Å². The van der Waals surface area contributed by atoms with Crippen LogP contribution in [0.15, 0.2) is 24.5 Å². The zero-order valence-electron chi connectivity index (χ0n) is 13.5. The van der Waals surface area contributed by atoms with Crippen molar-refractivity contribution in [3.05, 3.63) is 30.1 Å². The van der Waals surface area contributed by atoms with E-state index in [2.05, 4.69) is 15.2 Å². The van der Waals surface area contributed by atoms with Crippen LogP contribution in [-0.4, -0.2) is 48.1 Å². The molecule has 3 atom stereocenters. The molecule has 0 radical (unpaired) electrons. The third-order valence-corrected chi connectivity index (χ3v) is 5.41. The normalized spacial score (nSPS) is 30.9. The maximum atomic E-state index is 12.7. The Morgan fingerprint density at radius 2 is 2.26 bits per heavy atom. The van der Waals surface area contributed by atoms with Gasteiger partial charge >= 0.3 is 0 Å². The number of fused-ring (bicyclic) bond motifs is 1. The molecule has 124 valence electrons. The molecular formula is C18H25N3O2. The van der Waals surface area contributed by atoms with E-state index in [9.17, 15) is 4.79 Å². The Bertz CT molecular complexity index is 546. The number of nitrogens with zero attached hydrogens (tertiary/aromatic N) is 2. The first-order valence-electron chi connectivity index (χ1n) is 8.80. The molecule has 1 amide bonds. The van der Waals surface area contributed by atoms with Crippen LogP contribution >= 0.6 is 0 Å². The van der Waals surface area contributed by atoms with Gasteiger partial charge in [0.2, 0.25) is 5.91 Å². The summed E-state index contributed by atoms with van der Waals surface area (Å²) in [6, 6.07) is 3.90. The van der Waals surface area contributed by atoms with Gasteiger partial charge in [0.05, 0.1) is 12.0 Å². The molecule has 1 N–H and O–H groups in total. The molecule has 0 spiro atoms. The lowest BCUT2D eigenvalue weighted by molar-refractivity contribution is -0.131. The highest BCUT2D eigenvalue weighted by molar-refractivity contribution is 5.79. The zero-order valence-corrected chi connectivity index (χ0v) is 13.5. The van der Waals surface area contributed by atoms with Gasteiger partial charge in [-0.1, -0.05) is 6.07 Å². The van der Waals surface area contributed by atoms with Gasteiger partial charge in [-0.05, 0) is 36.8 Å². The molecule has 0 bridgehead atoms. The van der Waals surface area contributed by atoms with Crippen molar-refractivity contribution < 1.29 is 9.53 Å². The largest absolute Gasteiger partial charge is 0.377 e. The molecule has 2 saturated heterocycles. The fourth-order valence-corrected chi connectivity index (χ4v) is 3.97. The van der Waals surface area contributed by atoms with Gasteiger partial charge in [0.25, 0.3) is 0 Å². The Kier molecular flexibility index (Phi) is 4.31. The van der Waals surface area contributed by atoms with E-state index in [-0.39, 0.29) is 17.9 Å². The van der Waals surface area contributed by atoms with Gasteiger partial charge in [0, 0.05) is 51.1 Å². The summed E-state index contributed by atoms with van der Waals surface area (Å²) in [5.74, 6) is 1.48. The average Bonchev–Trinajstić information content (AvgIpc) is 3.26. The maximum Gasteiger partial charge on any atom is 0.225 e. The third kappa shape index (κ3) is 3.56. The Morgan fingerprint density at radius 3 is 3.04 bits per heavy atom. The van der Waals surface area contributed by atoms with E-state index in [0.717, 1.165) is 44.1 Å². The number of likely N-dealkylation sites (tertiary alicyclic amines) is 1. The number of carbonyl (C=O) groups is 1. The van der Waals surface area contributed by atoms with Gasteiger partial charge < -0.3 is 10.1 Å². The van der Waals surface area contributed by atoms with Crippen molar-refractivity contribution in [2.24, 2.45) is 17.8 Å². The summed E-state index contributed by atoms with van der Waals surface area (Å²) in [7, 11) is 0. The number of ether oxygens (including phenoxy) is 1. The summed E-state index contributed by atoms with van der Waals surface area (Å²) in [6.07, 6.45) is 7.53. The van der Waals surface area contributed by atoms with Gasteiger partial charge in [0.1, 0.15) is 0 Å². The number of nitrogens with one attached hydrogen (secondary N) is 1. The number of rotatable bonds is 5. The molecule has 2 aliphatic heterocycles. The Labute approximate surface area is 137 Å². The monoisotopic (exact) mass is 315 g/mol. The Morgan fingerprint density at radius 1 is 1.35 bits per heavy atom. The molecule has 23 heavy (non-hydrogen) atoms. The first-order chi connectivity index (χ1) is 11.3. The first kappa shape index (κ1) is 15.1. The molecule has 3 aliphatic rings. The van der Waals surface area contributed by atoms with E-state index in [1.807, 2.05) is 18.3 Å². The molecule has 1 aromatic heterocycles. The van der Waals surface area contributed by atoms with E-state index in [1.165, 1.54) is 12.8 Å².